The molecular formula is C27H44O5. The summed E-state index contributed by atoms with van der Waals surface area (Å²) in [6.45, 7) is 8.62. The Bertz CT molecular complexity index is 721. The standard InChI is InChI=1S/C27H44O5/c1-16(6-11-25(30)31-5)21-9-10-22-20-8-7-18-14-19(32-17(2)28)12-13-26(18,3)23(20)15-24(29)27(21,22)4/h16,18-24,29H,6-15H2,1-5H3/t16-,18+,19-,20+,21-,22+,23+,24+,26+,27-/m1/s1. The van der Waals surface area contributed by atoms with Crippen molar-refractivity contribution in [2.24, 2.45) is 46.3 Å². The summed E-state index contributed by atoms with van der Waals surface area (Å²) in [6.07, 6.45) is 9.92. The van der Waals surface area contributed by atoms with Gasteiger partial charge in [-0.1, -0.05) is 20.8 Å². The predicted octanol–water partition coefficient (Wildman–Crippen LogP) is 5.14. The van der Waals surface area contributed by atoms with Crippen molar-refractivity contribution in [3.05, 3.63) is 0 Å². The minimum atomic E-state index is -0.274. The van der Waals surface area contributed by atoms with Crippen LogP contribution in [0.3, 0.4) is 0 Å². The summed E-state index contributed by atoms with van der Waals surface area (Å²) in [7, 11) is 1.46. The Morgan fingerprint density at radius 3 is 2.50 bits per heavy atom. The Hall–Kier alpha value is -1.10. The van der Waals surface area contributed by atoms with Crippen LogP contribution in [0.1, 0.15) is 91.9 Å². The molecule has 4 aliphatic carbocycles. The monoisotopic (exact) mass is 448 g/mol. The number of ether oxygens (including phenoxy) is 2. The van der Waals surface area contributed by atoms with E-state index in [2.05, 4.69) is 20.8 Å². The van der Waals surface area contributed by atoms with Gasteiger partial charge in [-0.25, -0.2) is 0 Å². The zero-order valence-electron chi connectivity index (χ0n) is 20.8. The lowest BCUT2D eigenvalue weighted by atomic mass is 9.43. The number of carbonyl (C=O) groups is 2. The first-order valence-corrected chi connectivity index (χ1v) is 13.0. The second-order valence-corrected chi connectivity index (χ2v) is 12.1. The third-order valence-electron chi connectivity index (χ3n) is 10.8. The van der Waals surface area contributed by atoms with Gasteiger partial charge in [0.2, 0.25) is 0 Å². The van der Waals surface area contributed by atoms with Crippen molar-refractivity contribution in [1.29, 1.82) is 0 Å². The molecule has 182 valence electrons. The van der Waals surface area contributed by atoms with Gasteiger partial charge in [-0.3, -0.25) is 9.59 Å². The van der Waals surface area contributed by atoms with Gasteiger partial charge in [-0.2, -0.15) is 0 Å². The van der Waals surface area contributed by atoms with Crippen LogP contribution in [0, 0.1) is 46.3 Å². The van der Waals surface area contributed by atoms with Crippen LogP contribution >= 0.6 is 0 Å². The fourth-order valence-electron chi connectivity index (χ4n) is 9.13. The number of esters is 2. The highest BCUT2D eigenvalue weighted by atomic mass is 16.5. The van der Waals surface area contributed by atoms with E-state index in [0.717, 1.165) is 32.1 Å². The van der Waals surface area contributed by atoms with Gasteiger partial charge in [0.1, 0.15) is 6.10 Å². The molecule has 1 N–H and O–H groups in total. The van der Waals surface area contributed by atoms with Crippen LogP contribution in [0.5, 0.6) is 0 Å². The van der Waals surface area contributed by atoms with Gasteiger partial charge in [0, 0.05) is 13.3 Å². The number of hydrogen-bond acceptors (Lipinski definition) is 5. The van der Waals surface area contributed by atoms with Crippen LogP contribution < -0.4 is 0 Å². The van der Waals surface area contributed by atoms with Crippen LogP contribution in [0.4, 0.5) is 0 Å². The fourth-order valence-corrected chi connectivity index (χ4v) is 9.13. The molecule has 5 nitrogen and oxygen atoms in total. The first kappa shape index (κ1) is 24.0. The molecule has 0 amide bonds. The first-order chi connectivity index (χ1) is 15.1. The predicted molar refractivity (Wildman–Crippen MR) is 123 cm³/mol. The molecule has 10 atom stereocenters. The number of rotatable bonds is 5. The lowest BCUT2D eigenvalue weighted by Gasteiger charge is -2.62. The third kappa shape index (κ3) is 3.91. The Morgan fingerprint density at radius 1 is 1.06 bits per heavy atom. The van der Waals surface area contributed by atoms with E-state index >= 15 is 0 Å². The van der Waals surface area contributed by atoms with Crippen molar-refractivity contribution < 1.29 is 24.2 Å². The number of methoxy groups -OCH3 is 1. The maximum absolute atomic E-state index is 11.7. The number of aliphatic hydroxyl groups is 1. The fraction of sp³-hybridized carbons (Fsp3) is 0.926. The summed E-state index contributed by atoms with van der Waals surface area (Å²) in [4.78, 5) is 23.2. The van der Waals surface area contributed by atoms with Crippen molar-refractivity contribution in [1.82, 2.24) is 0 Å². The molecule has 0 aliphatic heterocycles. The molecule has 0 heterocycles. The molecule has 0 radical (unpaired) electrons. The van der Waals surface area contributed by atoms with Gasteiger partial charge in [0.05, 0.1) is 13.2 Å². The Balaban J connectivity index is 1.50. The zero-order chi connectivity index (χ0) is 23.3. The van der Waals surface area contributed by atoms with Gasteiger partial charge in [-0.15, -0.1) is 0 Å². The quantitative estimate of drug-likeness (QED) is 0.590. The minimum Gasteiger partial charge on any atom is -0.469 e. The molecule has 0 aromatic heterocycles. The highest BCUT2D eigenvalue weighted by molar-refractivity contribution is 5.69. The van der Waals surface area contributed by atoms with Gasteiger partial charge < -0.3 is 14.6 Å². The zero-order valence-corrected chi connectivity index (χ0v) is 20.8. The summed E-state index contributed by atoms with van der Waals surface area (Å²) in [5.74, 6) is 3.02. The summed E-state index contributed by atoms with van der Waals surface area (Å²) < 4.78 is 10.5. The molecule has 0 aromatic rings. The van der Waals surface area contributed by atoms with E-state index in [0.29, 0.717) is 41.9 Å². The first-order valence-electron chi connectivity index (χ1n) is 13.0. The molecule has 4 rings (SSSR count). The van der Waals surface area contributed by atoms with Gasteiger partial charge in [0.15, 0.2) is 0 Å². The highest BCUT2D eigenvalue weighted by Gasteiger charge is 2.63. The molecular weight excluding hydrogens is 404 g/mol. The van der Waals surface area contributed by atoms with E-state index in [1.165, 1.54) is 39.7 Å². The topological polar surface area (TPSA) is 72.8 Å². The molecule has 0 aromatic carbocycles. The normalized spacial score (nSPS) is 46.4. The van der Waals surface area contributed by atoms with Crippen LogP contribution in [0.15, 0.2) is 0 Å². The minimum absolute atomic E-state index is 0.0468. The average Bonchev–Trinajstić information content (AvgIpc) is 3.11. The summed E-state index contributed by atoms with van der Waals surface area (Å²) >= 11 is 0. The Labute approximate surface area is 194 Å². The van der Waals surface area contributed by atoms with Crippen molar-refractivity contribution >= 4 is 11.9 Å². The van der Waals surface area contributed by atoms with E-state index in [1.54, 1.807) is 0 Å². The van der Waals surface area contributed by atoms with E-state index in [9.17, 15) is 14.7 Å². The summed E-state index contributed by atoms with van der Waals surface area (Å²) in [5.41, 5.74) is 0.200. The van der Waals surface area contributed by atoms with Gasteiger partial charge >= 0.3 is 11.9 Å². The highest BCUT2D eigenvalue weighted by Crippen LogP contribution is 2.68. The van der Waals surface area contributed by atoms with Crippen molar-refractivity contribution in [3.63, 3.8) is 0 Å². The average molecular weight is 449 g/mol. The number of hydrogen-bond donors (Lipinski definition) is 1. The lowest BCUT2D eigenvalue weighted by molar-refractivity contribution is -0.181. The van der Waals surface area contributed by atoms with Crippen LogP contribution in [0.2, 0.25) is 0 Å². The third-order valence-corrected chi connectivity index (χ3v) is 10.8. The number of carbonyl (C=O) groups excluding carboxylic acids is 2. The van der Waals surface area contributed by atoms with Crippen LogP contribution in [-0.2, 0) is 19.1 Å². The van der Waals surface area contributed by atoms with Crippen molar-refractivity contribution in [3.8, 4) is 0 Å². The van der Waals surface area contributed by atoms with E-state index in [4.69, 9.17) is 9.47 Å². The number of aliphatic hydroxyl groups excluding tert-OH is 1. The van der Waals surface area contributed by atoms with Gasteiger partial charge in [0.25, 0.3) is 0 Å². The maximum atomic E-state index is 11.7. The summed E-state index contributed by atoms with van der Waals surface area (Å²) in [6, 6.07) is 0. The molecule has 0 spiro atoms. The maximum Gasteiger partial charge on any atom is 0.305 e. The van der Waals surface area contributed by atoms with Crippen LogP contribution in [-0.4, -0.2) is 36.4 Å². The molecule has 4 fully saturated rings. The van der Waals surface area contributed by atoms with Crippen molar-refractivity contribution in [2.75, 3.05) is 7.11 Å². The Kier molecular flexibility index (Phi) is 6.70. The molecule has 0 bridgehead atoms. The van der Waals surface area contributed by atoms with Gasteiger partial charge in [-0.05, 0) is 104 Å². The largest absolute Gasteiger partial charge is 0.469 e. The van der Waals surface area contributed by atoms with E-state index < -0.39 is 0 Å². The van der Waals surface area contributed by atoms with E-state index in [-0.39, 0.29) is 35.0 Å². The molecule has 4 saturated carbocycles. The molecule has 5 heteroatoms. The molecule has 0 unspecified atom stereocenters. The van der Waals surface area contributed by atoms with E-state index in [1.807, 2.05) is 0 Å². The lowest BCUT2D eigenvalue weighted by Crippen LogP contribution is -2.59. The second kappa shape index (κ2) is 8.92. The smallest absolute Gasteiger partial charge is 0.305 e. The molecule has 4 aliphatic rings. The molecule has 0 saturated heterocycles. The van der Waals surface area contributed by atoms with Crippen molar-refractivity contribution in [2.45, 2.75) is 104 Å². The number of fused-ring (bicyclic) bond motifs is 5. The SMILES string of the molecule is COC(=O)CC[C@@H](C)[C@H]1CC[C@H]2[C@@H]3CC[C@H]4C[C@H](OC(C)=O)CC[C@]4(C)[C@H]3C[C@H](O)[C@]12C. The molecule has 32 heavy (non-hydrogen) atoms. The summed E-state index contributed by atoms with van der Waals surface area (Å²) in [5, 5.41) is 11.6. The van der Waals surface area contributed by atoms with Crippen LogP contribution in [0.25, 0.3) is 0 Å². The second-order valence-electron chi connectivity index (χ2n) is 12.1. The Morgan fingerprint density at radius 2 is 1.81 bits per heavy atom.